The molecule has 1 heterocycles. The van der Waals surface area contributed by atoms with Crippen LogP contribution in [-0.2, 0) is 5.54 Å². The molecule has 0 spiro atoms. The van der Waals surface area contributed by atoms with Crippen molar-refractivity contribution in [2.45, 2.75) is 69.6 Å². The number of unbranched alkanes of at least 4 members (excludes halogenated alkanes) is 1. The van der Waals surface area contributed by atoms with Crippen LogP contribution in [0.2, 0.25) is 0 Å². The lowest BCUT2D eigenvalue weighted by molar-refractivity contribution is 0.0228. The molecular formula is C26H32F3N3. The first-order valence-electron chi connectivity index (χ1n) is 11.7. The van der Waals surface area contributed by atoms with Crippen molar-refractivity contribution in [2.24, 2.45) is 16.8 Å². The van der Waals surface area contributed by atoms with Crippen LogP contribution in [0.1, 0.15) is 63.0 Å². The van der Waals surface area contributed by atoms with Crippen LogP contribution in [0.25, 0.3) is 0 Å². The van der Waals surface area contributed by atoms with Gasteiger partial charge in [-0.3, -0.25) is 5.01 Å². The molecule has 0 aromatic heterocycles. The van der Waals surface area contributed by atoms with Gasteiger partial charge in [0.1, 0.15) is 17.8 Å². The summed E-state index contributed by atoms with van der Waals surface area (Å²) in [5, 5.41) is 6.98. The molecule has 32 heavy (non-hydrogen) atoms. The van der Waals surface area contributed by atoms with Gasteiger partial charge in [0.15, 0.2) is 0 Å². The highest BCUT2D eigenvalue weighted by atomic mass is 19.1. The van der Waals surface area contributed by atoms with Gasteiger partial charge < -0.3 is 5.73 Å². The molecule has 1 unspecified atom stereocenters. The van der Waals surface area contributed by atoms with E-state index in [0.717, 1.165) is 49.8 Å². The van der Waals surface area contributed by atoms with Gasteiger partial charge in [0.2, 0.25) is 0 Å². The minimum atomic E-state index is -1.23. The number of nitrogens with two attached hydrogens (primary N) is 1. The summed E-state index contributed by atoms with van der Waals surface area (Å²) in [5.74, 6) is -0.537. The average Bonchev–Trinajstić information content (AvgIpc) is 3.58. The maximum atomic E-state index is 15.0. The molecule has 3 atom stereocenters. The normalized spacial score (nSPS) is 22.7. The maximum Gasteiger partial charge on any atom is 0.132 e. The first kappa shape index (κ1) is 22.8. The highest BCUT2D eigenvalue weighted by Crippen LogP contribution is 2.49. The predicted octanol–water partition coefficient (Wildman–Crippen LogP) is 5.93. The molecule has 172 valence electrons. The average molecular weight is 444 g/mol. The van der Waals surface area contributed by atoms with Crippen molar-refractivity contribution >= 4 is 5.71 Å². The van der Waals surface area contributed by atoms with Crippen molar-refractivity contribution in [3.63, 3.8) is 0 Å². The Morgan fingerprint density at radius 2 is 1.91 bits per heavy atom. The zero-order valence-corrected chi connectivity index (χ0v) is 18.6. The second-order valence-electron chi connectivity index (χ2n) is 9.17. The topological polar surface area (TPSA) is 41.6 Å². The molecule has 1 saturated carbocycles. The highest BCUT2D eigenvalue weighted by molar-refractivity contribution is 6.02. The van der Waals surface area contributed by atoms with E-state index in [1.54, 1.807) is 0 Å². The Bertz CT molecular complexity index is 945. The van der Waals surface area contributed by atoms with Gasteiger partial charge in [-0.05, 0) is 48.9 Å². The summed E-state index contributed by atoms with van der Waals surface area (Å²) >= 11 is 0. The van der Waals surface area contributed by atoms with Crippen LogP contribution in [0.15, 0.2) is 53.6 Å². The standard InChI is InChI=1S/C26H32F3N3/c1-2-3-9-25(18-10-11-18)32-26(15-21(28)17-30,19-7-5-4-6-8-19)16-24(31-32)22-14-20(27)12-13-23(22)29/h4-8,12-14,18,21,25H,2-3,9-11,15-17,30H2,1H3/t21-,25?,26-/m0/s1. The quantitative estimate of drug-likeness (QED) is 0.495. The third-order valence-electron chi connectivity index (χ3n) is 6.83. The summed E-state index contributed by atoms with van der Waals surface area (Å²) in [4.78, 5) is 0. The number of hydrogen-bond donors (Lipinski definition) is 1. The summed E-state index contributed by atoms with van der Waals surface area (Å²) in [5.41, 5.74) is 6.49. The molecule has 2 aromatic rings. The van der Waals surface area contributed by atoms with Crippen LogP contribution >= 0.6 is 0 Å². The summed E-state index contributed by atoms with van der Waals surface area (Å²) in [6.45, 7) is 2.07. The van der Waals surface area contributed by atoms with Gasteiger partial charge in [-0.15, -0.1) is 0 Å². The number of hydrogen-bond acceptors (Lipinski definition) is 3. The smallest absolute Gasteiger partial charge is 0.132 e. The predicted molar refractivity (Wildman–Crippen MR) is 122 cm³/mol. The maximum absolute atomic E-state index is 15.0. The van der Waals surface area contributed by atoms with Crippen LogP contribution in [0.5, 0.6) is 0 Å². The Kier molecular flexibility index (Phi) is 6.89. The van der Waals surface area contributed by atoms with E-state index in [0.29, 0.717) is 18.1 Å². The molecule has 0 amide bonds. The Labute approximate surface area is 188 Å². The minimum absolute atomic E-state index is 0.0882. The summed E-state index contributed by atoms with van der Waals surface area (Å²) in [6.07, 6.45) is 4.51. The van der Waals surface area contributed by atoms with Crippen LogP contribution in [0.3, 0.4) is 0 Å². The number of nitrogens with zero attached hydrogens (tertiary/aromatic N) is 2. The van der Waals surface area contributed by atoms with Gasteiger partial charge in [0, 0.05) is 24.9 Å². The van der Waals surface area contributed by atoms with Crippen molar-refractivity contribution < 1.29 is 13.2 Å². The van der Waals surface area contributed by atoms with Gasteiger partial charge in [0.05, 0.1) is 17.3 Å². The van der Waals surface area contributed by atoms with E-state index in [1.807, 2.05) is 30.3 Å². The molecule has 2 aliphatic rings. The number of rotatable bonds is 10. The summed E-state index contributed by atoms with van der Waals surface area (Å²) in [7, 11) is 0. The molecule has 3 nitrogen and oxygen atoms in total. The van der Waals surface area contributed by atoms with Gasteiger partial charge in [-0.2, -0.15) is 5.10 Å². The minimum Gasteiger partial charge on any atom is -0.328 e. The monoisotopic (exact) mass is 443 g/mol. The molecule has 1 fully saturated rings. The Balaban J connectivity index is 1.84. The van der Waals surface area contributed by atoms with Gasteiger partial charge in [-0.1, -0.05) is 50.1 Å². The van der Waals surface area contributed by atoms with Gasteiger partial charge in [-0.25, -0.2) is 13.2 Å². The molecule has 0 saturated heterocycles. The third kappa shape index (κ3) is 4.56. The fourth-order valence-corrected chi connectivity index (χ4v) is 5.05. The molecule has 6 heteroatoms. The van der Waals surface area contributed by atoms with E-state index in [4.69, 9.17) is 10.8 Å². The second-order valence-corrected chi connectivity index (χ2v) is 9.17. The first-order valence-corrected chi connectivity index (χ1v) is 11.7. The van der Waals surface area contributed by atoms with E-state index < -0.39 is 23.3 Å². The lowest BCUT2D eigenvalue weighted by Crippen LogP contribution is -2.49. The van der Waals surface area contributed by atoms with Crippen molar-refractivity contribution in [1.82, 2.24) is 5.01 Å². The second kappa shape index (κ2) is 9.65. The lowest BCUT2D eigenvalue weighted by atomic mass is 9.78. The largest absolute Gasteiger partial charge is 0.328 e. The molecule has 2 aromatic carbocycles. The third-order valence-corrected chi connectivity index (χ3v) is 6.83. The molecular weight excluding hydrogens is 411 g/mol. The Morgan fingerprint density at radius 3 is 2.56 bits per heavy atom. The van der Waals surface area contributed by atoms with E-state index in [9.17, 15) is 13.2 Å². The molecule has 0 bridgehead atoms. The number of halogens is 3. The van der Waals surface area contributed by atoms with Crippen LogP contribution < -0.4 is 5.73 Å². The van der Waals surface area contributed by atoms with Gasteiger partial charge in [0.25, 0.3) is 0 Å². The van der Waals surface area contributed by atoms with Gasteiger partial charge >= 0.3 is 0 Å². The van der Waals surface area contributed by atoms with Crippen molar-refractivity contribution in [2.75, 3.05) is 6.54 Å². The molecule has 2 N–H and O–H groups in total. The van der Waals surface area contributed by atoms with E-state index in [2.05, 4.69) is 11.9 Å². The van der Waals surface area contributed by atoms with E-state index in [1.165, 1.54) is 6.07 Å². The first-order chi connectivity index (χ1) is 15.5. The van der Waals surface area contributed by atoms with E-state index in [-0.39, 0.29) is 24.6 Å². The van der Waals surface area contributed by atoms with Crippen molar-refractivity contribution in [3.05, 3.63) is 71.3 Å². The molecule has 1 aliphatic carbocycles. The van der Waals surface area contributed by atoms with Crippen molar-refractivity contribution in [3.8, 4) is 0 Å². The zero-order chi connectivity index (χ0) is 22.7. The molecule has 4 rings (SSSR count). The fraction of sp³-hybridized carbons (Fsp3) is 0.500. The number of benzene rings is 2. The Morgan fingerprint density at radius 1 is 1.16 bits per heavy atom. The van der Waals surface area contributed by atoms with Crippen LogP contribution in [-0.4, -0.2) is 29.5 Å². The number of hydrazone groups is 1. The summed E-state index contributed by atoms with van der Waals surface area (Å²) < 4.78 is 43.7. The SMILES string of the molecule is CCCCC(C1CC1)N1N=C(c2cc(F)ccc2F)C[C@@]1(C[C@H](F)CN)c1ccccc1. The highest BCUT2D eigenvalue weighted by Gasteiger charge is 2.51. The van der Waals surface area contributed by atoms with Crippen molar-refractivity contribution in [1.29, 1.82) is 0 Å². The lowest BCUT2D eigenvalue weighted by Gasteiger charge is -2.44. The molecule has 1 aliphatic heterocycles. The Hall–Kier alpha value is -2.34. The van der Waals surface area contributed by atoms with Crippen LogP contribution in [0, 0.1) is 17.6 Å². The van der Waals surface area contributed by atoms with E-state index >= 15 is 0 Å². The zero-order valence-electron chi connectivity index (χ0n) is 18.6. The molecule has 0 radical (unpaired) electrons. The summed E-state index contributed by atoms with van der Waals surface area (Å²) in [6, 6.07) is 13.3. The van der Waals surface area contributed by atoms with Crippen LogP contribution in [0.4, 0.5) is 13.2 Å². The fourth-order valence-electron chi connectivity index (χ4n) is 5.05. The number of alkyl halides is 1.